The molecule has 1 amide bonds. The first-order valence-electron chi connectivity index (χ1n) is 10.4. The molecule has 0 saturated carbocycles. The van der Waals surface area contributed by atoms with Gasteiger partial charge < -0.3 is 10.2 Å². The minimum atomic E-state index is -0.169. The number of anilines is 2. The lowest BCUT2D eigenvalue weighted by atomic mass is 9.98. The maximum Gasteiger partial charge on any atom is 0.241 e. The number of piperazine rings is 1. The van der Waals surface area contributed by atoms with Crippen molar-refractivity contribution in [2.75, 3.05) is 36.4 Å². The first-order valence-corrected chi connectivity index (χ1v) is 10.8. The van der Waals surface area contributed by atoms with Gasteiger partial charge in [-0.15, -0.1) is 0 Å². The average Bonchev–Trinajstić information content (AvgIpc) is 2.70. The molecule has 0 aromatic heterocycles. The van der Waals surface area contributed by atoms with Crippen molar-refractivity contribution in [3.8, 4) is 0 Å². The van der Waals surface area contributed by atoms with Crippen LogP contribution in [0.4, 0.5) is 11.4 Å². The number of nitrogens with one attached hydrogen (secondary N) is 1. The fourth-order valence-corrected chi connectivity index (χ4v) is 4.18. The number of carbonyl (C=O) groups excluding carboxylic acids is 1. The number of halogens is 1. The Morgan fingerprint density at radius 1 is 1.00 bits per heavy atom. The number of para-hydroxylation sites is 1. The van der Waals surface area contributed by atoms with E-state index < -0.39 is 0 Å². The molecule has 2 aromatic carbocycles. The summed E-state index contributed by atoms with van der Waals surface area (Å²) in [7, 11) is 0. The number of hydrogen-bond donors (Lipinski definition) is 1. The molecule has 0 aliphatic carbocycles. The van der Waals surface area contributed by atoms with E-state index in [1.807, 2.05) is 19.1 Å². The van der Waals surface area contributed by atoms with Gasteiger partial charge in [0.25, 0.3) is 0 Å². The third-order valence-electron chi connectivity index (χ3n) is 5.93. The highest BCUT2D eigenvalue weighted by molar-refractivity contribution is 6.30. The van der Waals surface area contributed by atoms with Gasteiger partial charge in [-0.3, -0.25) is 9.69 Å². The van der Waals surface area contributed by atoms with Crippen LogP contribution < -0.4 is 10.2 Å². The largest absolute Gasteiger partial charge is 0.369 e. The number of amides is 1. The predicted octanol–water partition coefficient (Wildman–Crippen LogP) is 5.23. The van der Waals surface area contributed by atoms with E-state index in [4.69, 9.17) is 11.6 Å². The van der Waals surface area contributed by atoms with E-state index in [0.29, 0.717) is 5.92 Å². The molecule has 1 atom stereocenters. The summed E-state index contributed by atoms with van der Waals surface area (Å²) < 4.78 is 0. The van der Waals surface area contributed by atoms with E-state index >= 15 is 0 Å². The van der Waals surface area contributed by atoms with Crippen molar-refractivity contribution in [3.63, 3.8) is 0 Å². The highest BCUT2D eigenvalue weighted by Crippen LogP contribution is 2.28. The fraction of sp³-hybridized carbons (Fsp3) is 0.458. The van der Waals surface area contributed by atoms with Crippen molar-refractivity contribution in [2.24, 2.45) is 0 Å². The van der Waals surface area contributed by atoms with Crippen LogP contribution >= 0.6 is 11.6 Å². The molecule has 1 fully saturated rings. The molecule has 29 heavy (non-hydrogen) atoms. The monoisotopic (exact) mass is 413 g/mol. The number of rotatable bonds is 5. The smallest absolute Gasteiger partial charge is 0.241 e. The molecule has 1 saturated heterocycles. The standard InChI is InChI=1S/C24H32ClN3O/c1-16(2)21-8-6-7-18(4)23(21)26-24(29)19(5)27-11-13-28(14-12-27)22-15-20(25)10-9-17(22)3/h6-10,15-16,19H,11-14H2,1-5H3,(H,26,29)/t19-/m1/s1. The van der Waals surface area contributed by atoms with E-state index in [0.717, 1.165) is 42.5 Å². The Labute approximate surface area is 179 Å². The quantitative estimate of drug-likeness (QED) is 0.728. The zero-order valence-electron chi connectivity index (χ0n) is 18.1. The van der Waals surface area contributed by atoms with Crippen molar-refractivity contribution < 1.29 is 4.79 Å². The Hall–Kier alpha value is -2.04. The zero-order valence-corrected chi connectivity index (χ0v) is 18.9. The van der Waals surface area contributed by atoms with E-state index in [1.165, 1.54) is 16.8 Å². The molecule has 0 spiro atoms. The third-order valence-corrected chi connectivity index (χ3v) is 6.16. The highest BCUT2D eigenvalue weighted by atomic mass is 35.5. The molecular weight excluding hydrogens is 382 g/mol. The van der Waals surface area contributed by atoms with Crippen LogP contribution in [0.15, 0.2) is 36.4 Å². The lowest BCUT2D eigenvalue weighted by molar-refractivity contribution is -0.120. The van der Waals surface area contributed by atoms with E-state index in [2.05, 4.69) is 67.1 Å². The van der Waals surface area contributed by atoms with Gasteiger partial charge in [-0.2, -0.15) is 0 Å². The van der Waals surface area contributed by atoms with Crippen molar-refractivity contribution in [2.45, 2.75) is 46.6 Å². The molecule has 0 unspecified atom stereocenters. The normalized spacial score (nSPS) is 16.2. The molecular formula is C24H32ClN3O. The summed E-state index contributed by atoms with van der Waals surface area (Å²) in [5.41, 5.74) is 5.68. The summed E-state index contributed by atoms with van der Waals surface area (Å²) in [4.78, 5) is 17.6. The molecule has 2 aromatic rings. The van der Waals surface area contributed by atoms with Crippen molar-refractivity contribution in [3.05, 3.63) is 58.1 Å². The third kappa shape index (κ3) is 4.93. The van der Waals surface area contributed by atoms with Gasteiger partial charge >= 0.3 is 0 Å². The first-order chi connectivity index (χ1) is 13.8. The molecule has 156 valence electrons. The van der Waals surface area contributed by atoms with Crippen LogP contribution in [-0.4, -0.2) is 43.0 Å². The maximum atomic E-state index is 13.0. The Balaban J connectivity index is 1.65. The van der Waals surface area contributed by atoms with Crippen LogP contribution in [0, 0.1) is 13.8 Å². The summed E-state index contributed by atoms with van der Waals surface area (Å²) in [5, 5.41) is 3.97. The van der Waals surface area contributed by atoms with E-state index in [1.54, 1.807) is 0 Å². The number of hydrogen-bond acceptors (Lipinski definition) is 3. The highest BCUT2D eigenvalue weighted by Gasteiger charge is 2.27. The molecule has 5 heteroatoms. The van der Waals surface area contributed by atoms with Crippen LogP contribution in [0.2, 0.25) is 5.02 Å². The van der Waals surface area contributed by atoms with Crippen LogP contribution in [-0.2, 0) is 4.79 Å². The Morgan fingerprint density at radius 3 is 2.34 bits per heavy atom. The molecule has 1 heterocycles. The summed E-state index contributed by atoms with van der Waals surface area (Å²) in [5.74, 6) is 0.429. The van der Waals surface area contributed by atoms with Crippen LogP contribution in [0.5, 0.6) is 0 Å². The minimum absolute atomic E-state index is 0.0635. The second kappa shape index (κ2) is 9.19. The second-order valence-corrected chi connectivity index (χ2v) is 8.75. The minimum Gasteiger partial charge on any atom is -0.369 e. The van der Waals surface area contributed by atoms with E-state index in [9.17, 15) is 4.79 Å². The average molecular weight is 414 g/mol. The van der Waals surface area contributed by atoms with E-state index in [-0.39, 0.29) is 11.9 Å². The van der Waals surface area contributed by atoms with Crippen LogP contribution in [0.1, 0.15) is 43.4 Å². The molecule has 1 aliphatic rings. The molecule has 0 bridgehead atoms. The Kier molecular flexibility index (Phi) is 6.86. The van der Waals surface area contributed by atoms with Gasteiger partial charge in [0.2, 0.25) is 5.91 Å². The van der Waals surface area contributed by atoms with Crippen LogP contribution in [0.25, 0.3) is 0 Å². The fourth-order valence-electron chi connectivity index (χ4n) is 4.01. The molecule has 0 radical (unpaired) electrons. The van der Waals surface area contributed by atoms with Gasteiger partial charge in [-0.25, -0.2) is 0 Å². The molecule has 4 nitrogen and oxygen atoms in total. The van der Waals surface area contributed by atoms with Gasteiger partial charge in [-0.1, -0.05) is 49.7 Å². The summed E-state index contributed by atoms with van der Waals surface area (Å²) in [6.07, 6.45) is 0. The second-order valence-electron chi connectivity index (χ2n) is 8.31. The molecule has 1 N–H and O–H groups in total. The van der Waals surface area contributed by atoms with Gasteiger partial charge in [0.1, 0.15) is 0 Å². The first kappa shape index (κ1) is 21.7. The predicted molar refractivity (Wildman–Crippen MR) is 123 cm³/mol. The molecule has 3 rings (SSSR count). The van der Waals surface area contributed by atoms with Crippen LogP contribution in [0.3, 0.4) is 0 Å². The topological polar surface area (TPSA) is 35.6 Å². The summed E-state index contributed by atoms with van der Waals surface area (Å²) in [6, 6.07) is 12.1. The van der Waals surface area contributed by atoms with Gasteiger partial charge in [0.15, 0.2) is 0 Å². The Bertz CT molecular complexity index is 872. The summed E-state index contributed by atoms with van der Waals surface area (Å²) >= 11 is 6.19. The number of carbonyl (C=O) groups is 1. The Morgan fingerprint density at radius 2 is 1.69 bits per heavy atom. The number of nitrogens with zero attached hydrogens (tertiary/aromatic N) is 2. The van der Waals surface area contributed by atoms with Crippen molar-refractivity contribution in [1.29, 1.82) is 0 Å². The summed E-state index contributed by atoms with van der Waals surface area (Å²) in [6.45, 7) is 14.0. The van der Waals surface area contributed by atoms with Gasteiger partial charge in [0, 0.05) is 42.6 Å². The lowest BCUT2D eigenvalue weighted by Gasteiger charge is -2.39. The zero-order chi connectivity index (χ0) is 21.1. The molecule has 1 aliphatic heterocycles. The van der Waals surface area contributed by atoms with Crippen molar-refractivity contribution in [1.82, 2.24) is 4.90 Å². The van der Waals surface area contributed by atoms with Gasteiger partial charge in [-0.05, 0) is 55.5 Å². The van der Waals surface area contributed by atoms with Crippen molar-refractivity contribution >= 4 is 28.9 Å². The maximum absolute atomic E-state index is 13.0. The lowest BCUT2D eigenvalue weighted by Crippen LogP contribution is -2.53. The number of benzene rings is 2. The number of aryl methyl sites for hydroxylation is 2. The van der Waals surface area contributed by atoms with Gasteiger partial charge in [0.05, 0.1) is 6.04 Å². The SMILES string of the molecule is Cc1ccc(Cl)cc1N1CCN([C@H](C)C(=O)Nc2c(C)cccc2C(C)C)CC1.